The second-order valence-electron chi connectivity index (χ2n) is 4.61. The largest absolute Gasteiger partial charge is 0.378 e. The van der Waals surface area contributed by atoms with Gasteiger partial charge in [0.15, 0.2) is 0 Å². The molecule has 1 saturated heterocycles. The maximum absolute atomic E-state index is 5.58. The van der Waals surface area contributed by atoms with E-state index in [1.54, 1.807) is 0 Å². The minimum Gasteiger partial charge on any atom is -0.378 e. The van der Waals surface area contributed by atoms with Gasteiger partial charge in [0.25, 0.3) is 0 Å². The maximum atomic E-state index is 5.58. The molecule has 0 bridgehead atoms. The highest BCUT2D eigenvalue weighted by atomic mass is 127. The number of hydrogen-bond acceptors (Lipinski definition) is 6. The number of ether oxygens (including phenoxy) is 4. The molecule has 0 amide bonds. The molecule has 0 N–H and O–H groups in total. The first-order valence-corrected chi connectivity index (χ1v) is 9.82. The molecule has 0 aromatic carbocycles. The Hall–Kier alpha value is 1.22. The van der Waals surface area contributed by atoms with Gasteiger partial charge in [-0.15, -0.1) is 0 Å². The van der Waals surface area contributed by atoms with Crippen LogP contribution in [0, 0.1) is 0 Å². The van der Waals surface area contributed by atoms with Gasteiger partial charge in [-0.25, -0.2) is 3.11 Å². The van der Waals surface area contributed by atoms with Crippen LogP contribution in [0.15, 0.2) is 0 Å². The van der Waals surface area contributed by atoms with Crippen molar-refractivity contribution < 1.29 is 18.9 Å². The van der Waals surface area contributed by atoms with Crippen LogP contribution in [0.2, 0.25) is 0 Å². The molecule has 1 aliphatic heterocycles. The van der Waals surface area contributed by atoms with Crippen molar-refractivity contribution in [3.05, 3.63) is 0 Å². The van der Waals surface area contributed by atoms with Gasteiger partial charge in [-0.2, -0.15) is 0 Å². The second kappa shape index (κ2) is 14.8. The van der Waals surface area contributed by atoms with Gasteiger partial charge >= 0.3 is 0 Å². The first-order valence-electron chi connectivity index (χ1n) is 7.33. The zero-order valence-corrected chi connectivity index (χ0v) is 16.8. The van der Waals surface area contributed by atoms with E-state index in [2.05, 4.69) is 53.5 Å². The number of alkyl halides is 1. The Morgan fingerprint density at radius 1 is 0.667 bits per heavy atom. The fraction of sp³-hybridized carbons (Fsp3) is 1.00. The first kappa shape index (κ1) is 20.3. The minimum atomic E-state index is 0.616. The summed E-state index contributed by atoms with van der Waals surface area (Å²) in [5.41, 5.74) is 0. The van der Waals surface area contributed by atoms with Crippen molar-refractivity contribution in [1.82, 2.24) is 8.01 Å². The van der Waals surface area contributed by atoms with Gasteiger partial charge in [-0.3, -0.25) is 4.90 Å². The van der Waals surface area contributed by atoms with Crippen LogP contribution >= 0.6 is 45.5 Å². The molecule has 0 unspecified atom stereocenters. The van der Waals surface area contributed by atoms with Crippen molar-refractivity contribution in [3.63, 3.8) is 0 Å². The van der Waals surface area contributed by atoms with Gasteiger partial charge in [0.2, 0.25) is 0 Å². The third kappa shape index (κ3) is 12.3. The Labute approximate surface area is 155 Å². The summed E-state index contributed by atoms with van der Waals surface area (Å²) in [6.45, 7) is 10.2. The molecule has 0 aromatic heterocycles. The second-order valence-corrected chi connectivity index (χ2v) is 6.59. The standard InChI is InChI=1S/C13H26I2N2O4/c14-13-21-12-11-20-10-9-19-8-7-18-6-5-16-1-3-17(15)4-2-16/h1-13H2. The number of rotatable bonds is 13. The zero-order valence-electron chi connectivity index (χ0n) is 12.5. The predicted octanol–water partition coefficient (Wildman–Crippen LogP) is 1.41. The summed E-state index contributed by atoms with van der Waals surface area (Å²) in [6.07, 6.45) is 0. The fourth-order valence-electron chi connectivity index (χ4n) is 1.86. The molecule has 126 valence electrons. The summed E-state index contributed by atoms with van der Waals surface area (Å²) in [6, 6.07) is 0. The van der Waals surface area contributed by atoms with Crippen molar-refractivity contribution in [1.29, 1.82) is 0 Å². The van der Waals surface area contributed by atoms with E-state index in [9.17, 15) is 0 Å². The highest BCUT2D eigenvalue weighted by Gasteiger charge is 2.13. The van der Waals surface area contributed by atoms with Crippen LogP contribution in [-0.2, 0) is 18.9 Å². The lowest BCUT2D eigenvalue weighted by Crippen LogP contribution is -2.43. The number of halogens is 2. The van der Waals surface area contributed by atoms with Gasteiger partial charge in [0.1, 0.15) is 0 Å². The maximum Gasteiger partial charge on any atom is 0.0980 e. The average Bonchev–Trinajstić information content (AvgIpc) is 2.50. The lowest BCUT2D eigenvalue weighted by molar-refractivity contribution is -0.000101. The van der Waals surface area contributed by atoms with Gasteiger partial charge in [0.05, 0.1) is 50.9 Å². The van der Waals surface area contributed by atoms with E-state index in [0.717, 1.165) is 39.3 Å². The summed E-state index contributed by atoms with van der Waals surface area (Å²) in [4.78, 5) is 2.45. The normalized spacial score (nSPS) is 17.4. The molecular formula is C13H26I2N2O4. The Morgan fingerprint density at radius 3 is 1.67 bits per heavy atom. The molecule has 1 aliphatic rings. The third-order valence-electron chi connectivity index (χ3n) is 3.06. The molecule has 1 heterocycles. The van der Waals surface area contributed by atoms with Crippen molar-refractivity contribution in [3.8, 4) is 0 Å². The van der Waals surface area contributed by atoms with E-state index in [1.807, 2.05) is 0 Å². The topological polar surface area (TPSA) is 43.4 Å². The zero-order chi connectivity index (χ0) is 15.2. The van der Waals surface area contributed by atoms with Crippen LogP contribution in [-0.4, -0.2) is 91.6 Å². The average molecular weight is 528 g/mol. The van der Waals surface area contributed by atoms with Crippen LogP contribution in [0.3, 0.4) is 0 Å². The lowest BCUT2D eigenvalue weighted by atomic mass is 10.4. The molecule has 0 atom stereocenters. The summed E-state index contributed by atoms with van der Waals surface area (Å²) in [5.74, 6) is 0. The first-order chi connectivity index (χ1) is 10.3. The summed E-state index contributed by atoms with van der Waals surface area (Å²) < 4.78 is 24.6. The smallest absolute Gasteiger partial charge is 0.0980 e. The summed E-state index contributed by atoms with van der Waals surface area (Å²) in [5, 5.41) is 0. The predicted molar refractivity (Wildman–Crippen MR) is 99.3 cm³/mol. The van der Waals surface area contributed by atoms with Crippen molar-refractivity contribution in [2.24, 2.45) is 0 Å². The quantitative estimate of drug-likeness (QED) is 0.156. The SMILES string of the molecule is ICOCCOCCOCCOCCN1CCN(I)CC1. The molecule has 0 radical (unpaired) electrons. The number of hydrogen-bond donors (Lipinski definition) is 0. The van der Waals surface area contributed by atoms with Gasteiger partial charge < -0.3 is 18.9 Å². The van der Waals surface area contributed by atoms with Crippen molar-refractivity contribution in [2.75, 3.05) is 83.6 Å². The molecule has 0 aliphatic carbocycles. The van der Waals surface area contributed by atoms with E-state index in [-0.39, 0.29) is 0 Å². The minimum absolute atomic E-state index is 0.616. The van der Waals surface area contributed by atoms with Crippen LogP contribution in [0.1, 0.15) is 0 Å². The Morgan fingerprint density at radius 2 is 1.14 bits per heavy atom. The highest BCUT2D eigenvalue weighted by Crippen LogP contribution is 2.05. The lowest BCUT2D eigenvalue weighted by Gasteiger charge is -2.30. The van der Waals surface area contributed by atoms with Crippen LogP contribution in [0.25, 0.3) is 0 Å². The van der Waals surface area contributed by atoms with Gasteiger partial charge in [-0.05, 0) is 0 Å². The van der Waals surface area contributed by atoms with E-state index >= 15 is 0 Å². The van der Waals surface area contributed by atoms with E-state index in [1.165, 1.54) is 0 Å². The highest BCUT2D eigenvalue weighted by molar-refractivity contribution is 14.1. The monoisotopic (exact) mass is 528 g/mol. The van der Waals surface area contributed by atoms with Gasteiger partial charge in [-0.1, -0.05) is 22.6 Å². The number of nitrogens with zero attached hydrogens (tertiary/aromatic N) is 2. The van der Waals surface area contributed by atoms with Crippen LogP contribution < -0.4 is 0 Å². The molecule has 6 nitrogen and oxygen atoms in total. The summed E-state index contributed by atoms with van der Waals surface area (Å²) in [7, 11) is 0. The molecule has 0 spiro atoms. The van der Waals surface area contributed by atoms with Gasteiger partial charge in [0, 0.05) is 55.6 Å². The van der Waals surface area contributed by atoms with E-state index in [4.69, 9.17) is 18.9 Å². The Kier molecular flexibility index (Phi) is 14.3. The Balaban J connectivity index is 1.73. The molecule has 0 saturated carbocycles. The van der Waals surface area contributed by atoms with E-state index < -0.39 is 0 Å². The van der Waals surface area contributed by atoms with Crippen LogP contribution in [0.5, 0.6) is 0 Å². The Bertz CT molecular complexity index is 232. The fourth-order valence-corrected chi connectivity index (χ4v) is 2.60. The summed E-state index contributed by atoms with van der Waals surface area (Å²) >= 11 is 4.55. The van der Waals surface area contributed by atoms with Crippen LogP contribution in [0.4, 0.5) is 0 Å². The molecule has 0 aromatic rings. The number of piperazine rings is 1. The van der Waals surface area contributed by atoms with E-state index in [0.29, 0.717) is 44.3 Å². The van der Waals surface area contributed by atoms with Crippen molar-refractivity contribution >= 4 is 45.5 Å². The molecule has 21 heavy (non-hydrogen) atoms. The molecule has 8 heteroatoms. The molecule has 1 fully saturated rings. The molecule has 1 rings (SSSR count). The van der Waals surface area contributed by atoms with Crippen molar-refractivity contribution in [2.45, 2.75) is 0 Å². The third-order valence-corrected chi connectivity index (χ3v) is 4.47. The molecular weight excluding hydrogens is 502 g/mol.